The highest BCUT2D eigenvalue weighted by atomic mass is 16.1. The zero-order valence-electron chi connectivity index (χ0n) is 14.9. The number of carbonyl (C=O) groups is 1. The number of anilines is 1. The molecular weight excluding hydrogens is 282 g/mol. The van der Waals surface area contributed by atoms with E-state index in [1.54, 1.807) is 0 Å². The van der Waals surface area contributed by atoms with Crippen LogP contribution in [-0.2, 0) is 6.42 Å². The van der Waals surface area contributed by atoms with Crippen LogP contribution in [0.3, 0.4) is 0 Å². The molecule has 0 heterocycles. The predicted molar refractivity (Wildman–Crippen MR) is 100 cm³/mol. The number of carbonyl (C=O) groups excluding carboxylic acids is 1. The highest BCUT2D eigenvalue weighted by Crippen LogP contribution is 2.13. The Balaban J connectivity index is 0.00000127. The quantitative estimate of drug-likeness (QED) is 0.651. The summed E-state index contributed by atoms with van der Waals surface area (Å²) in [5, 5.41) is 2.92. The summed E-state index contributed by atoms with van der Waals surface area (Å²) in [5.41, 5.74) is 4.02. The Morgan fingerprint density at radius 2 is 1.52 bits per heavy atom. The number of benzene rings is 2. The lowest BCUT2D eigenvalue weighted by molar-refractivity contribution is 0.102. The van der Waals surface area contributed by atoms with Crippen LogP contribution in [-0.4, -0.2) is 5.91 Å². The van der Waals surface area contributed by atoms with Crippen LogP contribution in [0, 0.1) is 6.92 Å². The molecule has 0 aliphatic heterocycles. The van der Waals surface area contributed by atoms with Crippen LogP contribution < -0.4 is 5.32 Å². The minimum absolute atomic E-state index is 0.0565. The molecule has 0 aromatic heterocycles. The number of rotatable bonds is 6. The molecule has 0 saturated carbocycles. The second-order valence-corrected chi connectivity index (χ2v) is 5.47. The Labute approximate surface area is 140 Å². The lowest BCUT2D eigenvalue weighted by Gasteiger charge is -2.07. The van der Waals surface area contributed by atoms with E-state index in [1.807, 2.05) is 57.2 Å². The number of aryl methyl sites for hydroxylation is 2. The van der Waals surface area contributed by atoms with Crippen LogP contribution in [0.1, 0.15) is 61.5 Å². The molecule has 0 saturated heterocycles. The Kier molecular flexibility index (Phi) is 8.74. The molecule has 124 valence electrons. The number of hydrogen-bond acceptors (Lipinski definition) is 1. The van der Waals surface area contributed by atoms with Gasteiger partial charge in [-0.25, -0.2) is 0 Å². The highest BCUT2D eigenvalue weighted by Gasteiger charge is 2.05. The molecule has 1 amide bonds. The van der Waals surface area contributed by atoms with Gasteiger partial charge in [0.25, 0.3) is 5.91 Å². The highest BCUT2D eigenvalue weighted by molar-refractivity contribution is 6.04. The van der Waals surface area contributed by atoms with E-state index in [1.165, 1.54) is 30.4 Å². The van der Waals surface area contributed by atoms with Gasteiger partial charge < -0.3 is 5.32 Å². The predicted octanol–water partition coefficient (Wildman–Crippen LogP) is 6.01. The fourth-order valence-corrected chi connectivity index (χ4v) is 2.24. The molecule has 0 unspecified atom stereocenters. The fourth-order valence-electron chi connectivity index (χ4n) is 2.24. The Hall–Kier alpha value is -2.09. The summed E-state index contributed by atoms with van der Waals surface area (Å²) in [6, 6.07) is 15.8. The van der Waals surface area contributed by atoms with Gasteiger partial charge >= 0.3 is 0 Å². The van der Waals surface area contributed by atoms with Crippen LogP contribution in [0.4, 0.5) is 5.69 Å². The standard InChI is InChI=1S/C19H23NO.C2H6/c1-3-4-5-6-16-9-11-17(12-10-16)19(21)20-18-13-7-15(2)8-14-18;1-2/h7-14H,3-6H2,1-2H3,(H,20,21);1-2H3. The van der Waals surface area contributed by atoms with Gasteiger partial charge in [0.2, 0.25) is 0 Å². The molecule has 1 N–H and O–H groups in total. The summed E-state index contributed by atoms with van der Waals surface area (Å²) < 4.78 is 0. The maximum atomic E-state index is 12.2. The molecule has 0 aliphatic carbocycles. The zero-order chi connectivity index (χ0) is 17.1. The summed E-state index contributed by atoms with van der Waals surface area (Å²) in [5.74, 6) is -0.0565. The van der Waals surface area contributed by atoms with Gasteiger partial charge in [0.1, 0.15) is 0 Å². The Bertz CT molecular complexity index is 570. The fraction of sp³-hybridized carbons (Fsp3) is 0.381. The minimum Gasteiger partial charge on any atom is -0.322 e. The lowest BCUT2D eigenvalue weighted by Crippen LogP contribution is -2.11. The molecule has 0 atom stereocenters. The molecule has 2 rings (SSSR count). The van der Waals surface area contributed by atoms with Crippen molar-refractivity contribution in [2.75, 3.05) is 5.32 Å². The Morgan fingerprint density at radius 1 is 0.913 bits per heavy atom. The van der Waals surface area contributed by atoms with Gasteiger partial charge in [-0.15, -0.1) is 0 Å². The summed E-state index contributed by atoms with van der Waals surface area (Å²) in [6.07, 6.45) is 4.80. The first-order valence-electron chi connectivity index (χ1n) is 8.66. The monoisotopic (exact) mass is 311 g/mol. The maximum Gasteiger partial charge on any atom is 0.255 e. The van der Waals surface area contributed by atoms with Crippen LogP contribution in [0.2, 0.25) is 0 Å². The first kappa shape index (κ1) is 19.0. The van der Waals surface area contributed by atoms with Crippen molar-refractivity contribution >= 4 is 11.6 Å². The number of nitrogens with one attached hydrogen (secondary N) is 1. The zero-order valence-corrected chi connectivity index (χ0v) is 14.9. The summed E-state index contributed by atoms with van der Waals surface area (Å²) in [7, 11) is 0. The number of hydrogen-bond donors (Lipinski definition) is 1. The van der Waals surface area contributed by atoms with Gasteiger partial charge in [-0.05, 0) is 49.6 Å². The van der Waals surface area contributed by atoms with Gasteiger partial charge in [-0.3, -0.25) is 4.79 Å². The Morgan fingerprint density at radius 3 is 2.09 bits per heavy atom. The molecule has 0 bridgehead atoms. The minimum atomic E-state index is -0.0565. The molecule has 23 heavy (non-hydrogen) atoms. The van der Waals surface area contributed by atoms with Crippen molar-refractivity contribution in [3.05, 3.63) is 65.2 Å². The van der Waals surface area contributed by atoms with Crippen molar-refractivity contribution in [1.82, 2.24) is 0 Å². The topological polar surface area (TPSA) is 29.1 Å². The number of unbranched alkanes of at least 4 members (excludes halogenated alkanes) is 2. The van der Waals surface area contributed by atoms with E-state index in [0.29, 0.717) is 5.56 Å². The first-order chi connectivity index (χ1) is 11.2. The van der Waals surface area contributed by atoms with Gasteiger partial charge in [-0.2, -0.15) is 0 Å². The molecule has 2 aromatic rings. The van der Waals surface area contributed by atoms with Crippen molar-refractivity contribution in [2.24, 2.45) is 0 Å². The third-order valence-electron chi connectivity index (χ3n) is 3.59. The number of amides is 1. The lowest BCUT2D eigenvalue weighted by atomic mass is 10.1. The van der Waals surface area contributed by atoms with Gasteiger partial charge in [-0.1, -0.05) is 63.4 Å². The average Bonchev–Trinajstić information content (AvgIpc) is 2.59. The summed E-state index contributed by atoms with van der Waals surface area (Å²) >= 11 is 0. The van der Waals surface area contributed by atoms with Gasteiger partial charge in [0, 0.05) is 11.3 Å². The van der Waals surface area contributed by atoms with Crippen LogP contribution >= 0.6 is 0 Å². The van der Waals surface area contributed by atoms with Crippen molar-refractivity contribution < 1.29 is 4.79 Å². The van der Waals surface area contributed by atoms with Crippen LogP contribution in [0.15, 0.2) is 48.5 Å². The second-order valence-electron chi connectivity index (χ2n) is 5.47. The van der Waals surface area contributed by atoms with E-state index in [4.69, 9.17) is 0 Å². The van der Waals surface area contributed by atoms with E-state index in [9.17, 15) is 4.79 Å². The molecule has 0 spiro atoms. The molecule has 0 fully saturated rings. The SMILES string of the molecule is CC.CCCCCc1ccc(C(=O)Nc2ccc(C)cc2)cc1. The molecule has 2 aromatic carbocycles. The third-order valence-corrected chi connectivity index (χ3v) is 3.59. The van der Waals surface area contributed by atoms with E-state index in [-0.39, 0.29) is 5.91 Å². The second kappa shape index (κ2) is 10.6. The van der Waals surface area contributed by atoms with E-state index < -0.39 is 0 Å². The van der Waals surface area contributed by atoms with Crippen molar-refractivity contribution in [1.29, 1.82) is 0 Å². The van der Waals surface area contributed by atoms with Crippen LogP contribution in [0.25, 0.3) is 0 Å². The largest absolute Gasteiger partial charge is 0.322 e. The molecule has 0 radical (unpaired) electrons. The van der Waals surface area contributed by atoms with E-state index in [2.05, 4.69) is 24.4 Å². The third kappa shape index (κ3) is 6.68. The van der Waals surface area contributed by atoms with E-state index >= 15 is 0 Å². The average molecular weight is 311 g/mol. The normalized spacial score (nSPS) is 9.74. The maximum absolute atomic E-state index is 12.2. The molecular formula is C21H29NO. The first-order valence-corrected chi connectivity index (χ1v) is 8.66. The van der Waals surface area contributed by atoms with Crippen molar-refractivity contribution in [3.8, 4) is 0 Å². The molecule has 2 nitrogen and oxygen atoms in total. The summed E-state index contributed by atoms with van der Waals surface area (Å²) in [6.45, 7) is 8.24. The van der Waals surface area contributed by atoms with Gasteiger partial charge in [0.05, 0.1) is 0 Å². The van der Waals surface area contributed by atoms with Crippen LogP contribution in [0.5, 0.6) is 0 Å². The van der Waals surface area contributed by atoms with Gasteiger partial charge in [0.15, 0.2) is 0 Å². The smallest absolute Gasteiger partial charge is 0.255 e. The summed E-state index contributed by atoms with van der Waals surface area (Å²) in [4.78, 5) is 12.2. The van der Waals surface area contributed by atoms with E-state index in [0.717, 1.165) is 12.1 Å². The molecule has 0 aliphatic rings. The molecule has 2 heteroatoms. The van der Waals surface area contributed by atoms with Crippen molar-refractivity contribution in [2.45, 2.75) is 53.4 Å². The van der Waals surface area contributed by atoms with Crippen molar-refractivity contribution in [3.63, 3.8) is 0 Å².